The van der Waals surface area contributed by atoms with Gasteiger partial charge in [0.2, 0.25) is 0 Å². The summed E-state index contributed by atoms with van der Waals surface area (Å²) in [5.74, 6) is 0.610. The van der Waals surface area contributed by atoms with Crippen molar-refractivity contribution in [2.24, 2.45) is 0 Å². The zero-order valence-electron chi connectivity index (χ0n) is 17.9. The Hall–Kier alpha value is -2.70. The lowest BCUT2D eigenvalue weighted by Gasteiger charge is -2.32. The van der Waals surface area contributed by atoms with E-state index in [1.165, 1.54) is 0 Å². The minimum absolute atomic E-state index is 0.0552. The molecule has 1 amide bonds. The molecular weight excluding hydrogens is 376 g/mol. The molecule has 0 radical (unpaired) electrons. The van der Waals surface area contributed by atoms with E-state index in [2.05, 4.69) is 27.1 Å². The fourth-order valence-electron chi connectivity index (χ4n) is 3.91. The third kappa shape index (κ3) is 4.89. The van der Waals surface area contributed by atoms with Gasteiger partial charge in [0.1, 0.15) is 5.69 Å². The van der Waals surface area contributed by atoms with E-state index in [0.717, 1.165) is 62.0 Å². The smallest absolute Gasteiger partial charge is 0.252 e. The van der Waals surface area contributed by atoms with Gasteiger partial charge in [-0.15, -0.1) is 0 Å². The van der Waals surface area contributed by atoms with Crippen LogP contribution in [0.2, 0.25) is 0 Å². The van der Waals surface area contributed by atoms with E-state index in [9.17, 15) is 4.79 Å². The molecule has 1 N–H and O–H groups in total. The summed E-state index contributed by atoms with van der Waals surface area (Å²) in [5.41, 5.74) is 3.23. The first-order valence-electron chi connectivity index (χ1n) is 10.7. The topological polar surface area (TPSA) is 61.6 Å². The average molecular weight is 407 g/mol. The van der Waals surface area contributed by atoms with Gasteiger partial charge in [-0.25, -0.2) is 4.98 Å². The second kappa shape index (κ2) is 9.41. The lowest BCUT2D eigenvalue weighted by Crippen LogP contribution is -2.44. The highest BCUT2D eigenvalue weighted by Gasteiger charge is 2.16. The van der Waals surface area contributed by atoms with Crippen LogP contribution >= 0.6 is 0 Å². The zero-order valence-corrected chi connectivity index (χ0v) is 17.9. The van der Waals surface area contributed by atoms with E-state index in [1.807, 2.05) is 43.3 Å². The standard InChI is InChI=1S/C24H30N4O2/c1-18-7-8-21-19(16-18)20(17-22(26-21)23-6-5-15-30-23)24(29)25-9-3-4-10-28-13-11-27(2)12-14-28/h5-8,15-17H,3-4,9-14H2,1-2H3,(H,25,29). The minimum atomic E-state index is -0.0552. The molecule has 30 heavy (non-hydrogen) atoms. The van der Waals surface area contributed by atoms with E-state index in [1.54, 1.807) is 6.26 Å². The molecule has 1 aliphatic rings. The van der Waals surface area contributed by atoms with Crippen molar-refractivity contribution in [3.63, 3.8) is 0 Å². The van der Waals surface area contributed by atoms with Gasteiger partial charge in [-0.05, 0) is 63.7 Å². The van der Waals surface area contributed by atoms with E-state index < -0.39 is 0 Å². The Morgan fingerprint density at radius 1 is 1.13 bits per heavy atom. The number of hydrogen-bond donors (Lipinski definition) is 1. The fraction of sp³-hybridized carbons (Fsp3) is 0.417. The van der Waals surface area contributed by atoms with Gasteiger partial charge >= 0.3 is 0 Å². The number of carbonyl (C=O) groups is 1. The molecule has 0 aliphatic carbocycles. The molecule has 0 bridgehead atoms. The maximum atomic E-state index is 13.0. The molecule has 1 aromatic carbocycles. The normalized spacial score (nSPS) is 15.5. The highest BCUT2D eigenvalue weighted by molar-refractivity contribution is 6.07. The number of unbranched alkanes of at least 4 members (excludes halogenated alkanes) is 1. The first-order valence-corrected chi connectivity index (χ1v) is 10.7. The van der Waals surface area contributed by atoms with E-state index in [4.69, 9.17) is 4.42 Å². The molecule has 6 nitrogen and oxygen atoms in total. The number of piperazine rings is 1. The van der Waals surface area contributed by atoms with Crippen molar-refractivity contribution in [2.75, 3.05) is 46.3 Å². The fourth-order valence-corrected chi connectivity index (χ4v) is 3.91. The molecule has 1 fully saturated rings. The largest absolute Gasteiger partial charge is 0.463 e. The number of rotatable bonds is 7. The minimum Gasteiger partial charge on any atom is -0.463 e. The first kappa shape index (κ1) is 20.6. The molecule has 0 unspecified atom stereocenters. The molecule has 6 heteroatoms. The van der Waals surface area contributed by atoms with Crippen molar-refractivity contribution in [1.29, 1.82) is 0 Å². The van der Waals surface area contributed by atoms with Crippen LogP contribution in [0.25, 0.3) is 22.4 Å². The maximum absolute atomic E-state index is 13.0. The van der Waals surface area contributed by atoms with Crippen LogP contribution < -0.4 is 5.32 Å². The highest BCUT2D eigenvalue weighted by Crippen LogP contribution is 2.26. The molecule has 0 spiro atoms. The Labute approximate surface area is 177 Å². The maximum Gasteiger partial charge on any atom is 0.252 e. The van der Waals surface area contributed by atoms with E-state index in [0.29, 0.717) is 23.6 Å². The number of amides is 1. The highest BCUT2D eigenvalue weighted by atomic mass is 16.3. The summed E-state index contributed by atoms with van der Waals surface area (Å²) >= 11 is 0. The number of aromatic nitrogens is 1. The van der Waals surface area contributed by atoms with Gasteiger partial charge in [-0.3, -0.25) is 4.79 Å². The number of pyridine rings is 1. The summed E-state index contributed by atoms with van der Waals surface area (Å²) < 4.78 is 5.50. The number of furan rings is 1. The quantitative estimate of drug-likeness (QED) is 0.608. The third-order valence-electron chi connectivity index (χ3n) is 5.77. The lowest BCUT2D eigenvalue weighted by atomic mass is 10.0. The summed E-state index contributed by atoms with van der Waals surface area (Å²) in [5, 5.41) is 3.98. The number of likely N-dealkylation sites (N-methyl/N-ethyl adjacent to an activating group) is 1. The van der Waals surface area contributed by atoms with Crippen LogP contribution in [-0.2, 0) is 0 Å². The lowest BCUT2D eigenvalue weighted by molar-refractivity contribution is 0.0953. The van der Waals surface area contributed by atoms with Crippen molar-refractivity contribution in [1.82, 2.24) is 20.1 Å². The van der Waals surface area contributed by atoms with Gasteiger partial charge in [0, 0.05) is 38.1 Å². The second-order valence-electron chi connectivity index (χ2n) is 8.16. The van der Waals surface area contributed by atoms with Gasteiger partial charge in [-0.1, -0.05) is 11.6 Å². The predicted molar refractivity (Wildman–Crippen MR) is 120 cm³/mol. The molecule has 1 saturated heterocycles. The van der Waals surface area contributed by atoms with E-state index in [-0.39, 0.29) is 5.91 Å². The third-order valence-corrected chi connectivity index (χ3v) is 5.77. The van der Waals surface area contributed by atoms with Crippen molar-refractivity contribution in [2.45, 2.75) is 19.8 Å². The molecule has 1 aliphatic heterocycles. The number of nitrogens with one attached hydrogen (secondary N) is 1. The number of aryl methyl sites for hydroxylation is 1. The number of nitrogens with zero attached hydrogens (tertiary/aromatic N) is 3. The van der Waals surface area contributed by atoms with Gasteiger partial charge in [0.15, 0.2) is 5.76 Å². The summed E-state index contributed by atoms with van der Waals surface area (Å²) in [4.78, 5) is 22.6. The monoisotopic (exact) mass is 406 g/mol. The Morgan fingerprint density at radius 2 is 1.97 bits per heavy atom. The van der Waals surface area contributed by atoms with Crippen LogP contribution in [0.3, 0.4) is 0 Å². The number of fused-ring (bicyclic) bond motifs is 1. The van der Waals surface area contributed by atoms with Gasteiger partial charge < -0.3 is 19.5 Å². The summed E-state index contributed by atoms with van der Waals surface area (Å²) in [6.45, 7) is 8.37. The number of benzene rings is 1. The van der Waals surface area contributed by atoms with Gasteiger partial charge in [-0.2, -0.15) is 0 Å². The molecule has 0 atom stereocenters. The SMILES string of the molecule is Cc1ccc2nc(-c3ccco3)cc(C(=O)NCCCCN3CCN(C)CC3)c2c1. The van der Waals surface area contributed by atoms with Crippen LogP contribution in [0.1, 0.15) is 28.8 Å². The molecule has 158 valence electrons. The van der Waals surface area contributed by atoms with Crippen LogP contribution in [0.4, 0.5) is 0 Å². The summed E-state index contributed by atoms with van der Waals surface area (Å²) in [6, 6.07) is 11.5. The van der Waals surface area contributed by atoms with E-state index >= 15 is 0 Å². The van der Waals surface area contributed by atoms with Crippen molar-refractivity contribution >= 4 is 16.8 Å². The average Bonchev–Trinajstić information content (AvgIpc) is 3.29. The molecule has 4 rings (SSSR count). The Morgan fingerprint density at radius 3 is 2.73 bits per heavy atom. The molecule has 2 aromatic heterocycles. The molecule has 3 aromatic rings. The van der Waals surface area contributed by atoms with Gasteiger partial charge in [0.05, 0.1) is 17.3 Å². The van der Waals surface area contributed by atoms with Crippen molar-refractivity contribution in [3.8, 4) is 11.5 Å². The van der Waals surface area contributed by atoms with Crippen molar-refractivity contribution in [3.05, 3.63) is 53.8 Å². The zero-order chi connectivity index (χ0) is 20.9. The van der Waals surface area contributed by atoms with Crippen LogP contribution in [0, 0.1) is 6.92 Å². The van der Waals surface area contributed by atoms with Crippen LogP contribution in [-0.4, -0.2) is 67.0 Å². The summed E-state index contributed by atoms with van der Waals surface area (Å²) in [7, 11) is 2.18. The van der Waals surface area contributed by atoms with Crippen LogP contribution in [0.15, 0.2) is 47.1 Å². The Balaban J connectivity index is 1.40. The van der Waals surface area contributed by atoms with Crippen LogP contribution in [0.5, 0.6) is 0 Å². The first-order chi connectivity index (χ1) is 14.6. The van der Waals surface area contributed by atoms with Gasteiger partial charge in [0.25, 0.3) is 5.91 Å². The number of carbonyl (C=O) groups excluding carboxylic acids is 1. The predicted octanol–water partition coefficient (Wildman–Crippen LogP) is 3.56. The molecular formula is C24H30N4O2. The Bertz CT molecular complexity index is 992. The Kier molecular flexibility index (Phi) is 6.45. The van der Waals surface area contributed by atoms with Crippen molar-refractivity contribution < 1.29 is 9.21 Å². The summed E-state index contributed by atoms with van der Waals surface area (Å²) in [6.07, 6.45) is 3.69. The molecule has 3 heterocycles. The second-order valence-corrected chi connectivity index (χ2v) is 8.16. The number of hydrogen-bond acceptors (Lipinski definition) is 5. The molecule has 0 saturated carbocycles.